The van der Waals surface area contributed by atoms with Crippen molar-refractivity contribution in [2.45, 2.75) is 13.2 Å². The molecular formula is C7H6F3IN2O2. The highest BCUT2D eigenvalue weighted by molar-refractivity contribution is 14.1. The molecule has 0 radical (unpaired) electrons. The van der Waals surface area contributed by atoms with Gasteiger partial charge in [-0.15, -0.1) is 13.2 Å². The van der Waals surface area contributed by atoms with Gasteiger partial charge in [-0.3, -0.25) is 0 Å². The second-order valence-corrected chi connectivity index (χ2v) is 3.47. The molecule has 0 amide bonds. The van der Waals surface area contributed by atoms with Gasteiger partial charge in [-0.2, -0.15) is 9.78 Å². The van der Waals surface area contributed by atoms with Crippen LogP contribution in [0.1, 0.15) is 17.3 Å². The van der Waals surface area contributed by atoms with E-state index in [-0.39, 0.29) is 20.6 Å². The molecule has 4 nitrogen and oxygen atoms in total. The van der Waals surface area contributed by atoms with Crippen molar-refractivity contribution in [1.29, 1.82) is 0 Å². The van der Waals surface area contributed by atoms with Gasteiger partial charge in [-0.05, 0) is 29.5 Å². The fraction of sp³-hybridized carbons (Fsp3) is 0.429. The molecular weight excluding hydrogens is 328 g/mol. The molecule has 0 unspecified atom stereocenters. The van der Waals surface area contributed by atoms with Crippen molar-refractivity contribution in [3.8, 4) is 0 Å². The van der Waals surface area contributed by atoms with Crippen LogP contribution in [0.4, 0.5) is 13.2 Å². The van der Waals surface area contributed by atoms with Gasteiger partial charge in [0.1, 0.15) is 9.26 Å². The van der Waals surface area contributed by atoms with E-state index in [4.69, 9.17) is 0 Å². The van der Waals surface area contributed by atoms with E-state index in [9.17, 15) is 18.0 Å². The van der Waals surface area contributed by atoms with Crippen molar-refractivity contribution >= 4 is 28.6 Å². The van der Waals surface area contributed by atoms with Gasteiger partial charge in [-0.25, -0.2) is 4.79 Å². The number of hydrogen-bond donors (Lipinski definition) is 0. The van der Waals surface area contributed by atoms with Crippen molar-refractivity contribution in [1.82, 2.24) is 9.78 Å². The van der Waals surface area contributed by atoms with E-state index >= 15 is 0 Å². The van der Waals surface area contributed by atoms with Crippen LogP contribution in [0.25, 0.3) is 0 Å². The van der Waals surface area contributed by atoms with E-state index in [0.29, 0.717) is 0 Å². The fourth-order valence-electron chi connectivity index (χ4n) is 0.856. The summed E-state index contributed by atoms with van der Waals surface area (Å²) in [6.07, 6.45) is -3.78. The predicted octanol–water partition coefficient (Wildman–Crippen LogP) is 2.14. The largest absolute Gasteiger partial charge is 0.505 e. The van der Waals surface area contributed by atoms with Crippen LogP contribution in [-0.2, 0) is 11.0 Å². The average molecular weight is 334 g/mol. The summed E-state index contributed by atoms with van der Waals surface area (Å²) in [6.45, 7) is 1.67. The zero-order chi connectivity index (χ0) is 11.6. The van der Waals surface area contributed by atoms with Gasteiger partial charge in [0.15, 0.2) is 0 Å². The number of aromatic nitrogens is 2. The minimum atomic E-state index is -4.62. The summed E-state index contributed by atoms with van der Waals surface area (Å²) < 4.78 is 40.8. The third-order valence-corrected chi connectivity index (χ3v) is 2.48. The molecule has 0 fully saturated rings. The molecule has 0 bridgehead atoms. The number of hydrogen-bond acceptors (Lipinski definition) is 3. The first-order valence-electron chi connectivity index (χ1n) is 3.85. The van der Waals surface area contributed by atoms with Gasteiger partial charge in [0.05, 0.1) is 12.8 Å². The number of ether oxygens (including phenoxy) is 1. The Morgan fingerprint density at radius 3 is 2.67 bits per heavy atom. The summed E-state index contributed by atoms with van der Waals surface area (Å²) in [5, 5.41) is 3.07. The normalized spacial score (nSPS) is 11.5. The molecule has 0 saturated heterocycles. The molecule has 1 aromatic rings. The molecule has 15 heavy (non-hydrogen) atoms. The first kappa shape index (κ1) is 12.3. The van der Waals surface area contributed by atoms with E-state index in [1.807, 2.05) is 0 Å². The first-order chi connectivity index (χ1) is 6.88. The standard InChI is InChI=1S/C7H6F3IN2O2/c1-2-15-6(14)4-3-12-13(5(4)11)7(8,9)10/h3H,2H2,1H3. The van der Waals surface area contributed by atoms with Crippen LogP contribution in [-0.4, -0.2) is 22.4 Å². The highest BCUT2D eigenvalue weighted by Gasteiger charge is 2.35. The number of carbonyl (C=O) groups is 1. The number of carbonyl (C=O) groups excluding carboxylic acids is 1. The maximum atomic E-state index is 12.3. The van der Waals surface area contributed by atoms with Crippen LogP contribution in [0, 0.1) is 3.70 Å². The van der Waals surface area contributed by atoms with Gasteiger partial charge in [-0.1, -0.05) is 0 Å². The molecule has 84 valence electrons. The highest BCUT2D eigenvalue weighted by atomic mass is 127. The van der Waals surface area contributed by atoms with Crippen molar-refractivity contribution in [2.24, 2.45) is 0 Å². The van der Waals surface area contributed by atoms with Gasteiger partial charge >= 0.3 is 12.3 Å². The Balaban J connectivity index is 3.04. The highest BCUT2D eigenvalue weighted by Crippen LogP contribution is 2.26. The molecule has 8 heteroatoms. The third kappa shape index (κ3) is 2.61. The molecule has 0 aliphatic carbocycles. The van der Waals surface area contributed by atoms with Gasteiger partial charge < -0.3 is 4.74 Å². The lowest BCUT2D eigenvalue weighted by molar-refractivity contribution is -0.214. The maximum absolute atomic E-state index is 12.3. The molecule has 1 heterocycles. The lowest BCUT2D eigenvalue weighted by Gasteiger charge is -2.07. The zero-order valence-corrected chi connectivity index (χ0v) is 9.66. The van der Waals surface area contributed by atoms with Gasteiger partial charge in [0.25, 0.3) is 0 Å². The van der Waals surface area contributed by atoms with Crippen LogP contribution >= 0.6 is 22.6 Å². The Bertz CT molecular complexity index is 375. The van der Waals surface area contributed by atoms with E-state index in [0.717, 1.165) is 6.20 Å². The Labute approximate surface area is 96.5 Å². The van der Waals surface area contributed by atoms with Crippen molar-refractivity contribution in [3.63, 3.8) is 0 Å². The topological polar surface area (TPSA) is 44.1 Å². The predicted molar refractivity (Wildman–Crippen MR) is 52.2 cm³/mol. The van der Waals surface area contributed by atoms with Crippen LogP contribution in [0.3, 0.4) is 0 Å². The molecule has 0 aliphatic rings. The molecule has 0 saturated carbocycles. The third-order valence-electron chi connectivity index (χ3n) is 1.45. The summed E-state index contributed by atoms with van der Waals surface area (Å²) >= 11 is 1.40. The molecule has 0 N–H and O–H groups in total. The Morgan fingerprint density at radius 1 is 1.67 bits per heavy atom. The van der Waals surface area contributed by atoms with Crippen LogP contribution in [0.2, 0.25) is 0 Å². The second-order valence-electron chi connectivity index (χ2n) is 2.45. The van der Waals surface area contributed by atoms with E-state index in [1.165, 1.54) is 22.6 Å². The Hall–Kier alpha value is -0.800. The number of rotatable bonds is 2. The lowest BCUT2D eigenvalue weighted by Crippen LogP contribution is -2.20. The quantitative estimate of drug-likeness (QED) is 0.615. The van der Waals surface area contributed by atoms with Crippen molar-refractivity contribution in [2.75, 3.05) is 6.61 Å². The van der Waals surface area contributed by atoms with Crippen LogP contribution < -0.4 is 0 Å². The first-order valence-corrected chi connectivity index (χ1v) is 4.93. The van der Waals surface area contributed by atoms with Gasteiger partial charge in [0, 0.05) is 0 Å². The smallest absolute Gasteiger partial charge is 0.462 e. The van der Waals surface area contributed by atoms with E-state index in [2.05, 4.69) is 9.84 Å². The summed E-state index contributed by atoms with van der Waals surface area (Å²) in [6, 6.07) is 0. The molecule has 1 aromatic heterocycles. The maximum Gasteiger partial charge on any atom is 0.505 e. The Kier molecular flexibility index (Phi) is 3.58. The number of esters is 1. The lowest BCUT2D eigenvalue weighted by atomic mass is 10.4. The summed E-state index contributed by atoms with van der Waals surface area (Å²) in [4.78, 5) is 11.2. The minimum Gasteiger partial charge on any atom is -0.462 e. The summed E-state index contributed by atoms with van der Waals surface area (Å²) in [7, 11) is 0. The summed E-state index contributed by atoms with van der Waals surface area (Å²) in [5.41, 5.74) is -0.185. The molecule has 0 atom stereocenters. The molecule has 0 aliphatic heterocycles. The fourth-order valence-corrected chi connectivity index (χ4v) is 1.61. The molecule has 1 rings (SSSR count). The Morgan fingerprint density at radius 2 is 2.27 bits per heavy atom. The van der Waals surface area contributed by atoms with Crippen LogP contribution in [0.5, 0.6) is 0 Å². The monoisotopic (exact) mass is 334 g/mol. The number of alkyl halides is 3. The number of halogens is 4. The van der Waals surface area contributed by atoms with Crippen molar-refractivity contribution in [3.05, 3.63) is 15.5 Å². The van der Waals surface area contributed by atoms with Gasteiger partial charge in [0.2, 0.25) is 0 Å². The molecule has 0 aromatic carbocycles. The second kappa shape index (κ2) is 4.37. The summed E-state index contributed by atoms with van der Waals surface area (Å²) in [5.74, 6) is -0.808. The van der Waals surface area contributed by atoms with Crippen LogP contribution in [0.15, 0.2) is 6.20 Å². The van der Waals surface area contributed by atoms with Crippen molar-refractivity contribution < 1.29 is 22.7 Å². The zero-order valence-electron chi connectivity index (χ0n) is 7.51. The number of nitrogens with zero attached hydrogens (tertiary/aromatic N) is 2. The van der Waals surface area contributed by atoms with E-state index in [1.54, 1.807) is 6.92 Å². The molecule has 0 spiro atoms. The van der Waals surface area contributed by atoms with E-state index < -0.39 is 12.3 Å². The average Bonchev–Trinajstić information content (AvgIpc) is 2.46. The minimum absolute atomic E-state index is 0.103. The SMILES string of the molecule is CCOC(=O)c1cnn(C(F)(F)F)c1I.